The van der Waals surface area contributed by atoms with Gasteiger partial charge in [0.25, 0.3) is 0 Å². The average Bonchev–Trinajstić information content (AvgIpc) is 1.54. The molecule has 2 aromatic heterocycles. The molecule has 0 saturated carbocycles. The van der Waals surface area contributed by atoms with E-state index < -0.39 is 10.8 Å². The van der Waals surface area contributed by atoms with Gasteiger partial charge in [0.1, 0.15) is 23.0 Å². The van der Waals surface area contributed by atoms with E-state index in [9.17, 15) is 0 Å². The molecule has 2 aliphatic heterocycles. The van der Waals surface area contributed by atoms with Crippen molar-refractivity contribution in [1.82, 2.24) is 29.9 Å². The molecule has 0 fully saturated rings. The Kier molecular flexibility index (Phi) is 14.7. The summed E-state index contributed by atoms with van der Waals surface area (Å²) in [6, 6.07) is 135. The molecule has 538 valence electrons. The number of benzene rings is 16. The third-order valence-electron chi connectivity index (χ3n) is 24.6. The molecule has 1 unspecified atom stereocenters. The zero-order valence-electron chi connectivity index (χ0n) is 62.8. The van der Waals surface area contributed by atoms with Gasteiger partial charge in [-0.1, -0.05) is 360 Å². The summed E-state index contributed by atoms with van der Waals surface area (Å²) in [5, 5.41) is 0. The summed E-state index contributed by atoms with van der Waals surface area (Å²) < 4.78 is 15.3. The molecule has 8 heteroatoms. The number of fused-ring (bicyclic) bond motifs is 21. The van der Waals surface area contributed by atoms with Crippen molar-refractivity contribution < 1.29 is 9.47 Å². The Bertz CT molecular complexity index is 6990. The first kappa shape index (κ1) is 66.0. The molecule has 1 atom stereocenters. The third kappa shape index (κ3) is 9.92. The van der Waals surface area contributed by atoms with Crippen LogP contribution < -0.4 is 9.47 Å². The predicted molar refractivity (Wildman–Crippen MR) is 460 cm³/mol. The number of rotatable bonds is 10. The normalized spacial score (nSPS) is 14.7. The summed E-state index contributed by atoms with van der Waals surface area (Å²) in [7, 11) is 0. The molecule has 3 aliphatic carbocycles. The van der Waals surface area contributed by atoms with Crippen LogP contribution in [-0.4, -0.2) is 29.9 Å². The van der Waals surface area contributed by atoms with Crippen LogP contribution >= 0.6 is 0 Å². The largest absolute Gasteiger partial charge is 0.456 e. The quantitative estimate of drug-likeness (QED) is 0.134. The molecule has 8 nitrogen and oxygen atoms in total. The van der Waals surface area contributed by atoms with E-state index in [2.05, 4.69) is 311 Å². The number of ether oxygens (including phenoxy) is 2. The molecule has 0 amide bonds. The average molecular weight is 1470 g/mol. The fraction of sp³-hybridized carbons (Fsp3) is 0.0467. The lowest BCUT2D eigenvalue weighted by Crippen LogP contribution is -2.32. The third-order valence-corrected chi connectivity index (χ3v) is 24.6. The number of nitrogens with zero attached hydrogens (tertiary/aromatic N) is 6. The van der Waals surface area contributed by atoms with Crippen LogP contribution in [0.3, 0.4) is 0 Å². The molecule has 2 spiro atoms. The number of aromatic nitrogens is 6. The number of hydrogen-bond donors (Lipinski definition) is 0. The van der Waals surface area contributed by atoms with Crippen LogP contribution in [0.4, 0.5) is 0 Å². The summed E-state index contributed by atoms with van der Waals surface area (Å²) in [5.74, 6) is 6.76. The van der Waals surface area contributed by atoms with E-state index >= 15 is 0 Å². The Morgan fingerprint density at radius 2 is 0.530 bits per heavy atom. The SMILES string of the molecule is CC1(C)c2ccccc2-c2ccc(-c3nc(-c4ccccc4)nc(-c4ccccc4-c4cccc5c4Oc4cc(-c6cccc7c6-c6ccccc6C76c7ccccc7Oc7c(-c8cccc(-c9cccc(-c%10nc(-c%11ccccc%11)nc(-c%11ccccc%11)n%10)c9)c8)cccc76)ccc4C54c5ccccc5-c5ccccc54)n3)cc21. The van der Waals surface area contributed by atoms with E-state index in [4.69, 9.17) is 39.4 Å². The minimum atomic E-state index is -0.797. The van der Waals surface area contributed by atoms with Gasteiger partial charge in [0, 0.05) is 72.2 Å². The lowest BCUT2D eigenvalue weighted by Gasteiger charge is -2.40. The van der Waals surface area contributed by atoms with Crippen LogP contribution in [0.2, 0.25) is 0 Å². The summed E-state index contributed by atoms with van der Waals surface area (Å²) in [4.78, 5) is 31.5. The molecule has 0 saturated heterocycles. The highest BCUT2D eigenvalue weighted by Crippen LogP contribution is 2.67. The van der Waals surface area contributed by atoms with Gasteiger partial charge in [0.05, 0.1) is 10.8 Å². The predicted octanol–water partition coefficient (Wildman–Crippen LogP) is 26.0. The van der Waals surface area contributed by atoms with E-state index in [-0.39, 0.29) is 5.41 Å². The van der Waals surface area contributed by atoms with Crippen LogP contribution in [0, 0.1) is 0 Å². The minimum absolute atomic E-state index is 0.223. The van der Waals surface area contributed by atoms with Gasteiger partial charge in [-0.15, -0.1) is 0 Å². The fourth-order valence-electron chi connectivity index (χ4n) is 19.5. The summed E-state index contributed by atoms with van der Waals surface area (Å²) in [6.45, 7) is 4.63. The van der Waals surface area contributed by atoms with Crippen molar-refractivity contribution >= 4 is 0 Å². The van der Waals surface area contributed by atoms with Gasteiger partial charge in [-0.05, 0) is 130 Å². The van der Waals surface area contributed by atoms with Crippen molar-refractivity contribution in [1.29, 1.82) is 0 Å². The van der Waals surface area contributed by atoms with E-state index in [0.717, 1.165) is 134 Å². The number of hydrogen-bond acceptors (Lipinski definition) is 8. The van der Waals surface area contributed by atoms with E-state index in [1.165, 1.54) is 55.6 Å². The molecular formula is C107H68N6O2. The second kappa shape index (κ2) is 25.6. The van der Waals surface area contributed by atoms with Crippen LogP contribution in [0.1, 0.15) is 69.5 Å². The second-order valence-corrected chi connectivity index (χ2v) is 31.0. The Morgan fingerprint density at radius 1 is 0.183 bits per heavy atom. The van der Waals surface area contributed by atoms with Crippen LogP contribution in [-0.2, 0) is 16.2 Å². The maximum absolute atomic E-state index is 7.88. The highest BCUT2D eigenvalue weighted by atomic mass is 16.5. The van der Waals surface area contributed by atoms with Crippen LogP contribution in [0.5, 0.6) is 23.0 Å². The van der Waals surface area contributed by atoms with Crippen molar-refractivity contribution in [2.75, 3.05) is 0 Å². The smallest absolute Gasteiger partial charge is 0.164 e. The Balaban J connectivity index is 0.666. The van der Waals surface area contributed by atoms with Gasteiger partial charge in [-0.3, -0.25) is 0 Å². The lowest BCUT2D eigenvalue weighted by molar-refractivity contribution is 0.438. The number of para-hydroxylation sites is 3. The van der Waals surface area contributed by atoms with Crippen molar-refractivity contribution in [3.8, 4) is 169 Å². The van der Waals surface area contributed by atoms with Crippen molar-refractivity contribution in [3.05, 3.63) is 432 Å². The molecule has 5 aliphatic rings. The summed E-state index contributed by atoms with van der Waals surface area (Å²) in [5.41, 5.74) is 30.5. The molecule has 0 radical (unpaired) electrons. The van der Waals surface area contributed by atoms with Gasteiger partial charge >= 0.3 is 0 Å². The topological polar surface area (TPSA) is 95.8 Å². The van der Waals surface area contributed by atoms with Gasteiger partial charge in [0.15, 0.2) is 34.9 Å². The molecule has 18 aromatic rings. The zero-order chi connectivity index (χ0) is 76.1. The molecule has 23 rings (SSSR count). The van der Waals surface area contributed by atoms with E-state index in [1.54, 1.807) is 0 Å². The first-order valence-corrected chi connectivity index (χ1v) is 39.3. The van der Waals surface area contributed by atoms with Gasteiger partial charge in [-0.2, -0.15) is 0 Å². The van der Waals surface area contributed by atoms with E-state index in [0.29, 0.717) is 34.9 Å². The van der Waals surface area contributed by atoms with Crippen LogP contribution in [0.25, 0.3) is 146 Å². The fourth-order valence-corrected chi connectivity index (χ4v) is 19.5. The van der Waals surface area contributed by atoms with Crippen molar-refractivity contribution in [2.24, 2.45) is 0 Å². The Labute approximate surface area is 666 Å². The highest BCUT2D eigenvalue weighted by Gasteiger charge is 2.54. The van der Waals surface area contributed by atoms with Gasteiger partial charge < -0.3 is 9.47 Å². The summed E-state index contributed by atoms with van der Waals surface area (Å²) >= 11 is 0. The summed E-state index contributed by atoms with van der Waals surface area (Å²) in [6.07, 6.45) is 0. The monoisotopic (exact) mass is 1470 g/mol. The molecule has 0 N–H and O–H groups in total. The second-order valence-electron chi connectivity index (χ2n) is 31.0. The minimum Gasteiger partial charge on any atom is -0.456 e. The maximum Gasteiger partial charge on any atom is 0.164 e. The van der Waals surface area contributed by atoms with E-state index in [1.807, 2.05) is 78.9 Å². The molecule has 115 heavy (non-hydrogen) atoms. The lowest BCUT2D eigenvalue weighted by atomic mass is 9.65. The van der Waals surface area contributed by atoms with Crippen LogP contribution in [0.15, 0.2) is 376 Å². The molecule has 4 heterocycles. The van der Waals surface area contributed by atoms with Gasteiger partial charge in [0.2, 0.25) is 0 Å². The first-order chi connectivity index (χ1) is 56.7. The van der Waals surface area contributed by atoms with Crippen molar-refractivity contribution in [2.45, 2.75) is 30.1 Å². The Morgan fingerprint density at radius 3 is 1.14 bits per heavy atom. The molecular weight excluding hydrogens is 1400 g/mol. The zero-order valence-corrected chi connectivity index (χ0v) is 62.8. The van der Waals surface area contributed by atoms with Crippen molar-refractivity contribution in [3.63, 3.8) is 0 Å². The maximum atomic E-state index is 7.88. The first-order valence-electron chi connectivity index (χ1n) is 39.3. The molecule has 16 aromatic carbocycles. The Hall–Kier alpha value is -14.9. The molecule has 0 bridgehead atoms. The standard InChI is InChI=1S/C107H68N6O2/c1-105(2)84-48-18-14-40-77(84)80-59-57-73(63-93(80)105)103-111-101(67-33-10-5-11-34-67)112-104(113-103)82-43-13-12-39-76(82)81-47-28-55-92-98(81)115-95-64-71(58-60-89(95)106(92)85-49-19-15-41-78(85)79-42-16-20-50-86(79)106)74-45-26-53-90-96(74)83-44-17-21-51-87(83)107(90)88-52-22-23-56-94(88)114-97-75(46-27-54-91(97)107)70-37-24-35-68(61-70)69-36-25-38-72(62-69)102-109-99(65-29-6-3-7-30-65)108-100(110-102)66-31-8-4-9-32-66/h3-64H,1-2H3. The van der Waals surface area contributed by atoms with Gasteiger partial charge in [-0.25, -0.2) is 29.9 Å². The highest BCUT2D eigenvalue weighted by molar-refractivity contribution is 6.00.